The number of likely N-dealkylation sites (N-methyl/N-ethyl adjacent to an activating group) is 1. The fourth-order valence-corrected chi connectivity index (χ4v) is 4.21. The molecule has 1 aromatic heterocycles. The van der Waals surface area contributed by atoms with Crippen molar-refractivity contribution in [2.24, 2.45) is 13.0 Å². The van der Waals surface area contributed by atoms with Crippen molar-refractivity contribution in [3.63, 3.8) is 0 Å². The fraction of sp³-hybridized carbons (Fsp3) is 0.778. The maximum absolute atomic E-state index is 13.0. The zero-order valence-electron chi connectivity index (χ0n) is 15.5. The molecule has 2 fully saturated rings. The smallest absolute Gasteiger partial charge is 0.242 e. The Morgan fingerprint density at radius 2 is 1.88 bits per heavy atom. The zero-order chi connectivity index (χ0) is 17.3. The minimum Gasteiger partial charge on any atom is -0.343 e. The van der Waals surface area contributed by atoms with E-state index in [4.69, 9.17) is 0 Å². The molecular formula is C18H31N5O. The third-order valence-corrected chi connectivity index (χ3v) is 5.49. The number of piperazine rings is 1. The van der Waals surface area contributed by atoms with Crippen LogP contribution in [0.2, 0.25) is 0 Å². The van der Waals surface area contributed by atoms with E-state index in [1.165, 1.54) is 5.56 Å². The standard InChI is InChI=1S/C18H31N5O/c1-15(2)12-23-10-9-20(3)17(24)18(23)5-7-22(8-6-18)14-16-11-19-21(4)13-16/h11,13,15H,5-10,12,14H2,1-4H3. The molecule has 134 valence electrons. The number of amides is 1. The molecule has 2 saturated heterocycles. The van der Waals surface area contributed by atoms with Crippen LogP contribution in [0.4, 0.5) is 0 Å². The summed E-state index contributed by atoms with van der Waals surface area (Å²) in [7, 11) is 3.91. The maximum Gasteiger partial charge on any atom is 0.242 e. The summed E-state index contributed by atoms with van der Waals surface area (Å²) >= 11 is 0. The van der Waals surface area contributed by atoms with Crippen molar-refractivity contribution in [3.8, 4) is 0 Å². The van der Waals surface area contributed by atoms with Crippen molar-refractivity contribution in [1.29, 1.82) is 0 Å². The summed E-state index contributed by atoms with van der Waals surface area (Å²) in [5, 5.41) is 4.25. The molecule has 2 aliphatic heterocycles. The van der Waals surface area contributed by atoms with Crippen molar-refractivity contribution in [2.75, 3.05) is 39.8 Å². The Morgan fingerprint density at radius 1 is 1.17 bits per heavy atom. The predicted octanol–water partition coefficient (Wildman–Crippen LogP) is 1.18. The Labute approximate surface area is 145 Å². The molecule has 0 bridgehead atoms. The molecule has 6 heteroatoms. The Morgan fingerprint density at radius 3 is 2.46 bits per heavy atom. The molecule has 0 radical (unpaired) electrons. The van der Waals surface area contributed by atoms with Gasteiger partial charge in [-0.15, -0.1) is 0 Å². The van der Waals surface area contributed by atoms with Crippen LogP contribution in [0.15, 0.2) is 12.4 Å². The number of carbonyl (C=O) groups excluding carboxylic acids is 1. The molecule has 0 saturated carbocycles. The molecule has 1 amide bonds. The molecule has 3 heterocycles. The van der Waals surface area contributed by atoms with Crippen LogP contribution in [0, 0.1) is 5.92 Å². The Bertz CT molecular complexity index is 574. The number of nitrogens with zero attached hydrogens (tertiary/aromatic N) is 5. The molecule has 0 unspecified atom stereocenters. The molecule has 6 nitrogen and oxygen atoms in total. The topological polar surface area (TPSA) is 44.6 Å². The average molecular weight is 333 g/mol. The quantitative estimate of drug-likeness (QED) is 0.830. The second kappa shape index (κ2) is 6.84. The predicted molar refractivity (Wildman–Crippen MR) is 94.5 cm³/mol. The lowest BCUT2D eigenvalue weighted by atomic mass is 9.82. The van der Waals surface area contributed by atoms with E-state index >= 15 is 0 Å². The highest BCUT2D eigenvalue weighted by atomic mass is 16.2. The van der Waals surface area contributed by atoms with E-state index < -0.39 is 0 Å². The monoisotopic (exact) mass is 333 g/mol. The molecule has 0 atom stereocenters. The largest absolute Gasteiger partial charge is 0.343 e. The summed E-state index contributed by atoms with van der Waals surface area (Å²) in [6, 6.07) is 0. The van der Waals surface area contributed by atoms with Gasteiger partial charge in [-0.3, -0.25) is 19.3 Å². The number of aryl methyl sites for hydroxylation is 1. The van der Waals surface area contributed by atoms with Gasteiger partial charge in [0.2, 0.25) is 5.91 Å². The van der Waals surface area contributed by atoms with Crippen molar-refractivity contribution < 1.29 is 4.79 Å². The van der Waals surface area contributed by atoms with E-state index in [0.717, 1.165) is 52.1 Å². The molecule has 2 aliphatic rings. The number of rotatable bonds is 4. The van der Waals surface area contributed by atoms with Crippen LogP contribution in [0.3, 0.4) is 0 Å². The zero-order valence-corrected chi connectivity index (χ0v) is 15.5. The summed E-state index contributed by atoms with van der Waals surface area (Å²) in [5.41, 5.74) is 0.975. The molecule has 24 heavy (non-hydrogen) atoms. The third kappa shape index (κ3) is 3.35. The van der Waals surface area contributed by atoms with Gasteiger partial charge in [-0.1, -0.05) is 13.8 Å². The number of hydrogen-bond donors (Lipinski definition) is 0. The second-order valence-corrected chi connectivity index (χ2v) is 7.90. The average Bonchev–Trinajstić information content (AvgIpc) is 2.95. The van der Waals surface area contributed by atoms with E-state index in [2.05, 4.69) is 34.9 Å². The molecule has 0 N–H and O–H groups in total. The van der Waals surface area contributed by atoms with Crippen LogP contribution in [0.5, 0.6) is 0 Å². The summed E-state index contributed by atoms with van der Waals surface area (Å²) in [5.74, 6) is 0.918. The van der Waals surface area contributed by atoms with Crippen LogP contribution >= 0.6 is 0 Å². The van der Waals surface area contributed by atoms with Crippen LogP contribution < -0.4 is 0 Å². The number of carbonyl (C=O) groups is 1. The highest BCUT2D eigenvalue weighted by Crippen LogP contribution is 2.34. The van der Waals surface area contributed by atoms with E-state index in [9.17, 15) is 4.79 Å². The summed E-state index contributed by atoms with van der Waals surface area (Å²) < 4.78 is 1.85. The summed E-state index contributed by atoms with van der Waals surface area (Å²) in [6.45, 7) is 10.2. The molecule has 3 rings (SSSR count). The van der Waals surface area contributed by atoms with Gasteiger partial charge in [-0.05, 0) is 18.8 Å². The number of likely N-dealkylation sites (tertiary alicyclic amines) is 1. The molecular weight excluding hydrogens is 302 g/mol. The van der Waals surface area contributed by atoms with E-state index in [0.29, 0.717) is 11.8 Å². The summed E-state index contributed by atoms with van der Waals surface area (Å²) in [4.78, 5) is 19.9. The first-order valence-corrected chi connectivity index (χ1v) is 9.11. The van der Waals surface area contributed by atoms with Crippen molar-refractivity contribution >= 4 is 5.91 Å². The lowest BCUT2D eigenvalue weighted by molar-refractivity contribution is -0.155. The minimum absolute atomic E-state index is 0.275. The van der Waals surface area contributed by atoms with Gasteiger partial charge in [0.25, 0.3) is 0 Å². The molecule has 0 aliphatic carbocycles. The van der Waals surface area contributed by atoms with Gasteiger partial charge < -0.3 is 4.90 Å². The number of aromatic nitrogens is 2. The van der Waals surface area contributed by atoms with E-state index in [-0.39, 0.29) is 5.54 Å². The number of hydrogen-bond acceptors (Lipinski definition) is 4. The molecule has 1 spiro atoms. The van der Waals surface area contributed by atoms with E-state index in [1.54, 1.807) is 0 Å². The number of piperidine rings is 1. The Hall–Kier alpha value is -1.40. The first kappa shape index (κ1) is 17.4. The lowest BCUT2D eigenvalue weighted by Crippen LogP contribution is -2.68. The fourth-order valence-electron chi connectivity index (χ4n) is 4.21. The SMILES string of the molecule is CC(C)CN1CCN(C)C(=O)C12CCN(Cc1cnn(C)c1)CC2. The lowest BCUT2D eigenvalue weighted by Gasteiger charge is -2.52. The Balaban J connectivity index is 1.69. The van der Waals surface area contributed by atoms with Gasteiger partial charge in [0.05, 0.1) is 6.20 Å². The maximum atomic E-state index is 13.0. The summed E-state index contributed by atoms with van der Waals surface area (Å²) in [6.07, 6.45) is 5.89. The van der Waals surface area contributed by atoms with Gasteiger partial charge in [-0.25, -0.2) is 0 Å². The Kier molecular flexibility index (Phi) is 4.97. The normalized spacial score (nSPS) is 22.7. The minimum atomic E-state index is -0.275. The van der Waals surface area contributed by atoms with Crippen molar-refractivity contribution in [1.82, 2.24) is 24.5 Å². The third-order valence-electron chi connectivity index (χ3n) is 5.49. The second-order valence-electron chi connectivity index (χ2n) is 7.90. The van der Waals surface area contributed by atoms with Crippen LogP contribution in [0.25, 0.3) is 0 Å². The van der Waals surface area contributed by atoms with Gasteiger partial charge >= 0.3 is 0 Å². The molecule has 1 aromatic rings. The van der Waals surface area contributed by atoms with E-state index in [1.807, 2.05) is 29.9 Å². The van der Waals surface area contributed by atoms with Crippen LogP contribution in [0.1, 0.15) is 32.3 Å². The van der Waals surface area contributed by atoms with Gasteiger partial charge in [-0.2, -0.15) is 5.10 Å². The van der Waals surface area contributed by atoms with Crippen LogP contribution in [-0.2, 0) is 18.4 Å². The molecule has 0 aromatic carbocycles. The van der Waals surface area contributed by atoms with Crippen LogP contribution in [-0.4, -0.2) is 75.7 Å². The van der Waals surface area contributed by atoms with Gasteiger partial charge in [0, 0.05) is 65.1 Å². The highest BCUT2D eigenvalue weighted by molar-refractivity contribution is 5.87. The van der Waals surface area contributed by atoms with Gasteiger partial charge in [0.15, 0.2) is 0 Å². The van der Waals surface area contributed by atoms with Crippen molar-refractivity contribution in [2.45, 2.75) is 38.8 Å². The first-order chi connectivity index (χ1) is 11.4. The highest BCUT2D eigenvalue weighted by Gasteiger charge is 2.49. The van der Waals surface area contributed by atoms with Gasteiger partial charge in [0.1, 0.15) is 5.54 Å². The first-order valence-electron chi connectivity index (χ1n) is 9.11. The van der Waals surface area contributed by atoms with Crippen molar-refractivity contribution in [3.05, 3.63) is 18.0 Å².